The minimum atomic E-state index is -0.892. The lowest BCUT2D eigenvalue weighted by molar-refractivity contribution is 0.0232. The molecule has 17 heavy (non-hydrogen) atoms. The van der Waals surface area contributed by atoms with Gasteiger partial charge in [-0.2, -0.15) is 0 Å². The van der Waals surface area contributed by atoms with E-state index in [1.165, 1.54) is 0 Å². The molecule has 94 valence electrons. The highest BCUT2D eigenvalue weighted by molar-refractivity contribution is 5.87. The van der Waals surface area contributed by atoms with E-state index >= 15 is 0 Å². The molecule has 0 aliphatic carbocycles. The molecule has 1 unspecified atom stereocenters. The van der Waals surface area contributed by atoms with Gasteiger partial charge >= 0.3 is 5.97 Å². The van der Waals surface area contributed by atoms with Crippen molar-refractivity contribution in [3.05, 3.63) is 34.9 Å². The number of carboxylic acids is 1. The summed E-state index contributed by atoms with van der Waals surface area (Å²) in [6.07, 6.45) is 0.202. The number of rotatable bonds is 5. The Labute approximate surface area is 102 Å². The molecule has 0 fully saturated rings. The van der Waals surface area contributed by atoms with Crippen LogP contribution in [0.1, 0.15) is 42.3 Å². The van der Waals surface area contributed by atoms with Crippen molar-refractivity contribution in [2.24, 2.45) is 5.92 Å². The fourth-order valence-corrected chi connectivity index (χ4v) is 1.40. The van der Waals surface area contributed by atoms with Crippen molar-refractivity contribution in [3.8, 4) is 0 Å². The van der Waals surface area contributed by atoms with Gasteiger partial charge in [-0.25, -0.2) is 4.79 Å². The molecule has 1 aromatic rings. The molecule has 0 amide bonds. The average molecular weight is 236 g/mol. The third-order valence-corrected chi connectivity index (χ3v) is 3.03. The Balaban J connectivity index is 2.70. The van der Waals surface area contributed by atoms with E-state index < -0.39 is 5.97 Å². The number of aromatic carboxylic acids is 1. The van der Waals surface area contributed by atoms with Crippen LogP contribution in [-0.2, 0) is 11.3 Å². The summed E-state index contributed by atoms with van der Waals surface area (Å²) in [7, 11) is 0. The molecular formula is C14H20O3. The molecule has 0 spiro atoms. The molecule has 1 atom stereocenters. The lowest BCUT2D eigenvalue weighted by Gasteiger charge is -2.17. The first-order valence-electron chi connectivity index (χ1n) is 5.86. The minimum Gasteiger partial charge on any atom is -0.478 e. The van der Waals surface area contributed by atoms with Gasteiger partial charge < -0.3 is 9.84 Å². The number of ether oxygens (including phenoxy) is 1. The summed E-state index contributed by atoms with van der Waals surface area (Å²) in [5.41, 5.74) is 2.33. The van der Waals surface area contributed by atoms with Crippen LogP contribution in [0.4, 0.5) is 0 Å². The third-order valence-electron chi connectivity index (χ3n) is 3.03. The Morgan fingerprint density at radius 1 is 1.35 bits per heavy atom. The molecule has 0 bridgehead atoms. The van der Waals surface area contributed by atoms with Gasteiger partial charge in [-0.15, -0.1) is 0 Å². The van der Waals surface area contributed by atoms with E-state index in [4.69, 9.17) is 9.84 Å². The predicted octanol–water partition coefficient (Wildman–Crippen LogP) is 3.25. The topological polar surface area (TPSA) is 46.5 Å². The highest BCUT2D eigenvalue weighted by Gasteiger charge is 2.09. The Morgan fingerprint density at radius 3 is 2.47 bits per heavy atom. The zero-order valence-corrected chi connectivity index (χ0v) is 10.9. The largest absolute Gasteiger partial charge is 0.478 e. The zero-order valence-electron chi connectivity index (χ0n) is 10.9. The molecule has 0 heterocycles. The molecular weight excluding hydrogens is 216 g/mol. The van der Waals surface area contributed by atoms with Gasteiger partial charge in [-0.1, -0.05) is 19.9 Å². The molecule has 0 aromatic heterocycles. The van der Waals surface area contributed by atoms with Crippen molar-refractivity contribution in [2.45, 2.75) is 40.4 Å². The number of carboxylic acid groups (broad SMARTS) is 1. The smallest absolute Gasteiger partial charge is 0.335 e. The van der Waals surface area contributed by atoms with E-state index in [1.54, 1.807) is 12.1 Å². The van der Waals surface area contributed by atoms with Crippen molar-refractivity contribution in [3.63, 3.8) is 0 Å². The maximum atomic E-state index is 10.8. The van der Waals surface area contributed by atoms with Crippen LogP contribution in [0, 0.1) is 12.8 Å². The maximum Gasteiger partial charge on any atom is 0.335 e. The van der Waals surface area contributed by atoms with Crippen molar-refractivity contribution in [1.82, 2.24) is 0 Å². The second-order valence-electron chi connectivity index (χ2n) is 4.71. The second kappa shape index (κ2) is 5.82. The summed E-state index contributed by atoms with van der Waals surface area (Å²) in [4.78, 5) is 10.8. The highest BCUT2D eigenvalue weighted by atomic mass is 16.5. The minimum absolute atomic E-state index is 0.202. The van der Waals surface area contributed by atoms with Gasteiger partial charge in [0.15, 0.2) is 0 Å². The van der Waals surface area contributed by atoms with E-state index in [-0.39, 0.29) is 6.10 Å². The Morgan fingerprint density at radius 2 is 2.00 bits per heavy atom. The van der Waals surface area contributed by atoms with Crippen LogP contribution >= 0.6 is 0 Å². The van der Waals surface area contributed by atoms with Gasteiger partial charge in [0.1, 0.15) is 0 Å². The van der Waals surface area contributed by atoms with Crippen LogP contribution in [0.25, 0.3) is 0 Å². The van der Waals surface area contributed by atoms with Crippen LogP contribution in [0.5, 0.6) is 0 Å². The Bertz CT molecular complexity index is 396. The predicted molar refractivity (Wildman–Crippen MR) is 67.2 cm³/mol. The first kappa shape index (κ1) is 13.7. The molecule has 0 aliphatic heterocycles. The number of hydrogen-bond acceptors (Lipinski definition) is 2. The average Bonchev–Trinajstić information content (AvgIpc) is 2.26. The van der Waals surface area contributed by atoms with Crippen molar-refractivity contribution in [1.29, 1.82) is 0 Å². The lowest BCUT2D eigenvalue weighted by atomic mass is 10.1. The van der Waals surface area contributed by atoms with Gasteiger partial charge in [0.2, 0.25) is 0 Å². The Kier molecular flexibility index (Phi) is 4.70. The summed E-state index contributed by atoms with van der Waals surface area (Å²) >= 11 is 0. The number of aryl methyl sites for hydroxylation is 1. The van der Waals surface area contributed by atoms with Gasteiger partial charge in [0.05, 0.1) is 18.3 Å². The first-order valence-corrected chi connectivity index (χ1v) is 5.86. The zero-order chi connectivity index (χ0) is 13.0. The monoisotopic (exact) mass is 236 g/mol. The quantitative estimate of drug-likeness (QED) is 0.853. The van der Waals surface area contributed by atoms with Crippen molar-refractivity contribution < 1.29 is 14.6 Å². The summed E-state index contributed by atoms with van der Waals surface area (Å²) in [5, 5.41) is 8.86. The van der Waals surface area contributed by atoms with Crippen LogP contribution in [0.2, 0.25) is 0 Å². The molecule has 0 radical (unpaired) electrons. The van der Waals surface area contributed by atoms with Gasteiger partial charge in [0.25, 0.3) is 0 Å². The molecule has 1 rings (SSSR count). The fourth-order valence-electron chi connectivity index (χ4n) is 1.40. The molecule has 3 heteroatoms. The van der Waals surface area contributed by atoms with Crippen LogP contribution in [-0.4, -0.2) is 17.2 Å². The van der Waals surface area contributed by atoms with Crippen LogP contribution < -0.4 is 0 Å². The fraction of sp³-hybridized carbons (Fsp3) is 0.500. The van der Waals surface area contributed by atoms with Crippen LogP contribution in [0.15, 0.2) is 18.2 Å². The maximum absolute atomic E-state index is 10.8. The first-order chi connectivity index (χ1) is 7.91. The molecule has 1 aromatic carbocycles. The normalized spacial score (nSPS) is 12.8. The molecule has 0 aliphatic rings. The summed E-state index contributed by atoms with van der Waals surface area (Å²) in [6, 6.07) is 5.13. The Hall–Kier alpha value is -1.35. The summed E-state index contributed by atoms with van der Waals surface area (Å²) in [5.74, 6) is -0.412. The highest BCUT2D eigenvalue weighted by Crippen LogP contribution is 2.15. The SMILES string of the molecule is Cc1cc(C(=O)O)ccc1COC(C)C(C)C. The lowest BCUT2D eigenvalue weighted by Crippen LogP contribution is -2.15. The van der Waals surface area contributed by atoms with E-state index in [9.17, 15) is 4.79 Å². The van der Waals surface area contributed by atoms with E-state index in [1.807, 2.05) is 19.9 Å². The van der Waals surface area contributed by atoms with E-state index in [2.05, 4.69) is 13.8 Å². The van der Waals surface area contributed by atoms with Gasteiger partial charge in [0, 0.05) is 0 Å². The molecule has 0 saturated carbocycles. The number of hydrogen-bond donors (Lipinski definition) is 1. The molecule has 0 saturated heterocycles. The standard InChI is InChI=1S/C14H20O3/c1-9(2)11(4)17-8-13-6-5-12(14(15)16)7-10(13)3/h5-7,9,11H,8H2,1-4H3,(H,15,16). The molecule has 1 N–H and O–H groups in total. The van der Waals surface area contributed by atoms with Crippen molar-refractivity contribution >= 4 is 5.97 Å². The van der Waals surface area contributed by atoms with E-state index in [0.29, 0.717) is 18.1 Å². The van der Waals surface area contributed by atoms with Crippen LogP contribution in [0.3, 0.4) is 0 Å². The third kappa shape index (κ3) is 3.86. The summed E-state index contributed by atoms with van der Waals surface area (Å²) < 4.78 is 5.72. The summed E-state index contributed by atoms with van der Waals surface area (Å²) in [6.45, 7) is 8.72. The van der Waals surface area contributed by atoms with Gasteiger partial charge in [-0.3, -0.25) is 0 Å². The second-order valence-corrected chi connectivity index (χ2v) is 4.71. The van der Waals surface area contributed by atoms with Crippen molar-refractivity contribution in [2.75, 3.05) is 0 Å². The number of carbonyl (C=O) groups is 1. The number of benzene rings is 1. The van der Waals surface area contributed by atoms with E-state index in [0.717, 1.165) is 11.1 Å². The van der Waals surface area contributed by atoms with Gasteiger partial charge in [-0.05, 0) is 43.0 Å². The molecule has 3 nitrogen and oxygen atoms in total.